The Morgan fingerprint density at radius 2 is 1.95 bits per heavy atom. The second kappa shape index (κ2) is 9.61. The van der Waals surface area contributed by atoms with Crippen molar-refractivity contribution in [1.82, 2.24) is 10.2 Å². The van der Waals surface area contributed by atoms with Gasteiger partial charge in [-0.3, -0.25) is 5.10 Å². The highest BCUT2D eigenvalue weighted by Gasteiger charge is 2.51. The zero-order valence-electron chi connectivity index (χ0n) is 20.4. The van der Waals surface area contributed by atoms with Crippen LogP contribution in [0.25, 0.3) is 11.3 Å². The van der Waals surface area contributed by atoms with Gasteiger partial charge in [0.05, 0.1) is 39.7 Å². The molecule has 3 fully saturated rings. The first-order valence-electron chi connectivity index (χ1n) is 12.8. The maximum absolute atomic E-state index is 14.4. The van der Waals surface area contributed by atoms with Crippen molar-refractivity contribution in [3.63, 3.8) is 0 Å². The summed E-state index contributed by atoms with van der Waals surface area (Å²) in [4.78, 5) is 13.5. The van der Waals surface area contributed by atoms with Crippen molar-refractivity contribution >= 4 is 34.9 Å². The molecule has 2 N–H and O–H groups in total. The van der Waals surface area contributed by atoms with Crippen molar-refractivity contribution < 1.29 is 19.0 Å². The third-order valence-corrected chi connectivity index (χ3v) is 8.72. The van der Waals surface area contributed by atoms with Gasteiger partial charge in [0.25, 0.3) is 0 Å². The van der Waals surface area contributed by atoms with Crippen LogP contribution >= 0.6 is 23.2 Å². The second-order valence-electron chi connectivity index (χ2n) is 10.4. The molecule has 1 aliphatic heterocycles. The van der Waals surface area contributed by atoms with Gasteiger partial charge >= 0.3 is 5.97 Å². The molecule has 0 spiro atoms. The molecular weight excluding hydrogens is 516 g/mol. The maximum Gasteiger partial charge on any atom is 0.338 e. The normalized spacial score (nSPS) is 24.7. The lowest BCUT2D eigenvalue weighted by molar-refractivity contribution is 0.000504. The summed E-state index contributed by atoms with van der Waals surface area (Å²) in [5.74, 6) is -1.07. The van der Waals surface area contributed by atoms with E-state index in [2.05, 4.69) is 22.0 Å². The minimum absolute atomic E-state index is 0.0890. The number of hydrogen-bond acceptors (Lipinski definition) is 4. The van der Waals surface area contributed by atoms with Gasteiger partial charge in [-0.1, -0.05) is 30.1 Å². The Kier molecular flexibility index (Phi) is 6.42. The average Bonchev–Trinajstić information content (AvgIpc) is 3.32. The molecule has 0 amide bonds. The van der Waals surface area contributed by atoms with Gasteiger partial charge in [-0.2, -0.15) is 5.10 Å². The number of fused-ring (bicyclic) bond motifs is 2. The third kappa shape index (κ3) is 4.51. The average molecular weight is 544 g/mol. The number of carboxylic acids is 1. The number of carboxylic acid groups (broad SMARTS) is 1. The number of aromatic nitrogens is 2. The highest BCUT2D eigenvalue weighted by atomic mass is 35.5. The summed E-state index contributed by atoms with van der Waals surface area (Å²) in [6.45, 7) is 2.52. The van der Waals surface area contributed by atoms with Gasteiger partial charge in [0.2, 0.25) is 0 Å². The molecule has 6 nitrogen and oxygen atoms in total. The first kappa shape index (κ1) is 24.7. The smallest absolute Gasteiger partial charge is 0.338 e. The van der Waals surface area contributed by atoms with E-state index in [-0.39, 0.29) is 23.8 Å². The third-order valence-electron chi connectivity index (χ3n) is 8.12. The van der Waals surface area contributed by atoms with Crippen LogP contribution in [0.2, 0.25) is 10.0 Å². The molecule has 1 saturated heterocycles. The van der Waals surface area contributed by atoms with E-state index in [0.717, 1.165) is 36.2 Å². The minimum atomic E-state index is -1.26. The number of carbonyl (C=O) groups is 1. The van der Waals surface area contributed by atoms with Crippen molar-refractivity contribution in [3.05, 3.63) is 69.1 Å². The van der Waals surface area contributed by atoms with Crippen molar-refractivity contribution in [2.45, 2.75) is 69.7 Å². The van der Waals surface area contributed by atoms with Crippen LogP contribution < -0.4 is 4.90 Å². The van der Waals surface area contributed by atoms with Gasteiger partial charge in [-0.05, 0) is 80.0 Å². The molecule has 0 radical (unpaired) electrons. The van der Waals surface area contributed by atoms with E-state index in [4.69, 9.17) is 33.0 Å². The van der Waals surface area contributed by atoms with Crippen molar-refractivity contribution in [2.75, 3.05) is 4.90 Å². The number of aromatic carboxylic acids is 1. The summed E-state index contributed by atoms with van der Waals surface area (Å²) in [6, 6.07) is 10.8. The highest BCUT2D eigenvalue weighted by molar-refractivity contribution is 6.39. The van der Waals surface area contributed by atoms with E-state index in [1.165, 1.54) is 30.5 Å². The van der Waals surface area contributed by atoms with Crippen molar-refractivity contribution in [1.29, 1.82) is 0 Å². The largest absolute Gasteiger partial charge is 0.478 e. The molecule has 1 aromatic heterocycles. The number of hydrogen-bond donors (Lipinski definition) is 2. The number of nitrogens with one attached hydrogen (secondary N) is 1. The molecular formula is C28H28Cl2FN3O3. The first-order valence-corrected chi connectivity index (χ1v) is 13.6. The molecule has 2 heterocycles. The Morgan fingerprint density at radius 1 is 1.19 bits per heavy atom. The number of piperidine rings is 1. The van der Waals surface area contributed by atoms with Crippen LogP contribution in [-0.4, -0.2) is 39.5 Å². The molecule has 2 aromatic carbocycles. The molecule has 0 unspecified atom stereocenters. The fourth-order valence-electron chi connectivity index (χ4n) is 6.30. The lowest BCUT2D eigenvalue weighted by Crippen LogP contribution is -2.46. The van der Waals surface area contributed by atoms with E-state index in [0.29, 0.717) is 34.2 Å². The SMILES string of the molecule is CC[C@@H]1[C@@H]2C[C@@H](C[C@H]2OCc2cc(-c3c(Cl)cc(C4CC4)cc3Cl)n[nH]2)N1c1ccc(C(=O)O)c(F)c1. The van der Waals surface area contributed by atoms with E-state index in [1.54, 1.807) is 6.07 Å². The summed E-state index contributed by atoms with van der Waals surface area (Å²) in [6.07, 6.45) is 5.16. The first-order chi connectivity index (χ1) is 17.8. The molecule has 194 valence electrons. The quantitative estimate of drug-likeness (QED) is 0.318. The van der Waals surface area contributed by atoms with E-state index in [1.807, 2.05) is 18.2 Å². The second-order valence-corrected chi connectivity index (χ2v) is 11.2. The van der Waals surface area contributed by atoms with Crippen LogP contribution in [0.5, 0.6) is 0 Å². The molecule has 4 atom stereocenters. The molecule has 2 saturated carbocycles. The Hall–Kier alpha value is -2.61. The van der Waals surface area contributed by atoms with Gasteiger partial charge in [-0.25, -0.2) is 9.18 Å². The van der Waals surface area contributed by atoms with E-state index < -0.39 is 11.8 Å². The maximum atomic E-state index is 14.4. The van der Waals surface area contributed by atoms with Gasteiger partial charge in [-0.15, -0.1) is 0 Å². The predicted octanol–water partition coefficient (Wildman–Crippen LogP) is 7.06. The highest BCUT2D eigenvalue weighted by Crippen LogP contribution is 2.48. The Balaban J connectivity index is 1.13. The topological polar surface area (TPSA) is 78.5 Å². The zero-order chi connectivity index (χ0) is 25.8. The monoisotopic (exact) mass is 543 g/mol. The standard InChI is InChI=1S/C28H28Cl2FN3O3/c1-2-25-20-10-18(34(25)17-5-6-19(28(35)36)23(31)11-17)12-26(20)37-13-16-9-24(33-32-16)27-21(29)7-15(8-22(27)30)14-3-4-14/h5-9,11,14,18,20,25-26H,2-4,10,12-13H2,1H3,(H,32,33)(H,35,36)/t18-,20-,25+,26+/m0/s1. The lowest BCUT2D eigenvalue weighted by Gasteiger charge is -2.40. The number of benzene rings is 2. The summed E-state index contributed by atoms with van der Waals surface area (Å²) in [5.41, 5.74) is 3.91. The molecule has 6 rings (SSSR count). The van der Waals surface area contributed by atoms with Crippen LogP contribution in [-0.2, 0) is 11.3 Å². The van der Waals surface area contributed by atoms with Crippen LogP contribution in [0.15, 0.2) is 36.4 Å². The number of rotatable bonds is 8. The number of nitrogens with zero attached hydrogens (tertiary/aromatic N) is 2. The number of anilines is 1. The Labute approximate surface area is 224 Å². The van der Waals surface area contributed by atoms with E-state index >= 15 is 0 Å². The van der Waals surface area contributed by atoms with Crippen LogP contribution in [0, 0.1) is 11.7 Å². The van der Waals surface area contributed by atoms with Crippen molar-refractivity contribution in [3.8, 4) is 11.3 Å². The minimum Gasteiger partial charge on any atom is -0.478 e. The molecule has 3 aliphatic rings. The molecule has 9 heteroatoms. The van der Waals surface area contributed by atoms with Crippen LogP contribution in [0.3, 0.4) is 0 Å². The predicted molar refractivity (Wildman–Crippen MR) is 141 cm³/mol. The lowest BCUT2D eigenvalue weighted by atomic mass is 9.93. The van der Waals surface area contributed by atoms with Crippen LogP contribution in [0.1, 0.15) is 66.6 Å². The fourth-order valence-corrected chi connectivity index (χ4v) is 6.99. The molecule has 2 bridgehead atoms. The van der Waals surface area contributed by atoms with Gasteiger partial charge in [0, 0.05) is 29.3 Å². The number of H-pyrrole nitrogens is 1. The molecule has 3 aromatic rings. The summed E-state index contributed by atoms with van der Waals surface area (Å²) in [5, 5.41) is 17.9. The summed E-state index contributed by atoms with van der Waals surface area (Å²) >= 11 is 13.2. The van der Waals surface area contributed by atoms with Gasteiger partial charge < -0.3 is 14.7 Å². The Morgan fingerprint density at radius 3 is 2.59 bits per heavy atom. The molecule has 2 aliphatic carbocycles. The number of halogens is 3. The number of ether oxygens (including phenoxy) is 1. The van der Waals surface area contributed by atoms with Gasteiger partial charge in [0.15, 0.2) is 0 Å². The zero-order valence-corrected chi connectivity index (χ0v) is 21.9. The summed E-state index contributed by atoms with van der Waals surface area (Å²) in [7, 11) is 0. The van der Waals surface area contributed by atoms with E-state index in [9.17, 15) is 9.18 Å². The fraction of sp³-hybridized carbons (Fsp3) is 0.429. The van der Waals surface area contributed by atoms with Gasteiger partial charge in [0.1, 0.15) is 5.82 Å². The van der Waals surface area contributed by atoms with Crippen molar-refractivity contribution in [2.24, 2.45) is 5.92 Å². The summed E-state index contributed by atoms with van der Waals surface area (Å²) < 4.78 is 20.8. The number of aromatic amines is 1. The Bertz CT molecular complexity index is 1340. The molecule has 37 heavy (non-hydrogen) atoms. The van der Waals surface area contributed by atoms with Crippen LogP contribution in [0.4, 0.5) is 10.1 Å².